The first-order valence-electron chi connectivity index (χ1n) is 35.4. The summed E-state index contributed by atoms with van der Waals surface area (Å²) in [4.78, 5) is 13.4. The number of allylic oxidation sites excluding steroid dienone is 8. The molecule has 2 fully saturated rings. The molecule has 2 saturated heterocycles. The fraction of sp³-hybridized carbons (Fsp3) is 0.873. The van der Waals surface area contributed by atoms with Crippen LogP contribution in [0.1, 0.15) is 303 Å². The lowest BCUT2D eigenvalue weighted by Crippen LogP contribution is -2.65. The van der Waals surface area contributed by atoms with E-state index in [4.69, 9.17) is 18.9 Å². The lowest BCUT2D eigenvalue weighted by atomic mass is 9.97. The van der Waals surface area contributed by atoms with Gasteiger partial charge in [-0.15, -0.1) is 0 Å². The topological polar surface area (TPSA) is 228 Å². The SMILES string of the molecule is CC/C=C\C/C=C\C/C=C\C/C=C\CCCCCCCCCCCCCCCCC(=O)NC(COC1OC(CO)C(OC2OC(CO)C(O)C(O)C2O)C(O)C1O)C(O)CCCCCCCCCCCCCCCCCCCCCCCCCC. The molecule has 0 aromatic rings. The third-order valence-corrected chi connectivity index (χ3v) is 17.3. The summed E-state index contributed by atoms with van der Waals surface area (Å²) >= 11 is 0. The summed E-state index contributed by atoms with van der Waals surface area (Å²) in [5.41, 5.74) is 0. The third-order valence-electron chi connectivity index (χ3n) is 17.3. The van der Waals surface area contributed by atoms with E-state index in [0.29, 0.717) is 12.8 Å². The molecule has 2 heterocycles. The Morgan fingerprint density at radius 3 is 1.25 bits per heavy atom. The van der Waals surface area contributed by atoms with Gasteiger partial charge in [-0.25, -0.2) is 0 Å². The molecule has 0 bridgehead atoms. The molecule has 9 N–H and O–H groups in total. The van der Waals surface area contributed by atoms with Gasteiger partial charge in [0.25, 0.3) is 0 Å². The number of unbranched alkanes of at least 4 members (excludes halogenated alkanes) is 37. The zero-order valence-corrected chi connectivity index (χ0v) is 54.1. The Balaban J connectivity index is 1.67. The second-order valence-electron chi connectivity index (χ2n) is 25.0. The molecular weight excluding hydrogens is 1070 g/mol. The Morgan fingerprint density at radius 1 is 0.435 bits per heavy atom. The second-order valence-corrected chi connectivity index (χ2v) is 25.0. The number of aliphatic hydroxyl groups excluding tert-OH is 8. The van der Waals surface area contributed by atoms with E-state index in [2.05, 4.69) is 67.8 Å². The first-order chi connectivity index (χ1) is 41.6. The molecule has 12 atom stereocenters. The van der Waals surface area contributed by atoms with Crippen LogP contribution in [0.3, 0.4) is 0 Å². The summed E-state index contributed by atoms with van der Waals surface area (Å²) in [7, 11) is 0. The van der Waals surface area contributed by atoms with Gasteiger partial charge in [-0.1, -0.05) is 294 Å². The molecule has 0 saturated carbocycles. The molecule has 2 rings (SSSR count). The third kappa shape index (κ3) is 40.3. The van der Waals surface area contributed by atoms with Gasteiger partial charge in [-0.2, -0.15) is 0 Å². The van der Waals surface area contributed by atoms with Gasteiger partial charge in [0.1, 0.15) is 48.8 Å². The maximum absolute atomic E-state index is 13.4. The highest BCUT2D eigenvalue weighted by molar-refractivity contribution is 5.76. The van der Waals surface area contributed by atoms with Gasteiger partial charge in [0.15, 0.2) is 12.6 Å². The summed E-state index contributed by atoms with van der Waals surface area (Å²) < 4.78 is 22.9. The van der Waals surface area contributed by atoms with E-state index in [1.54, 1.807) is 0 Å². The monoisotopic (exact) mass is 1210 g/mol. The Kier molecular flexibility index (Phi) is 52.1. The van der Waals surface area contributed by atoms with Crippen molar-refractivity contribution in [3.63, 3.8) is 0 Å². The number of ether oxygens (including phenoxy) is 4. The standard InChI is InChI=1S/C71H131NO13/c1-3-5-7-9-11-13-15-17-19-21-23-25-27-29-30-31-33-35-37-39-41-43-45-47-49-51-53-55-63(76)72-59(58-82-70-68(81)66(79)69(62(57-74)84-70)85-71-67(80)65(78)64(77)61(56-73)83-71)60(75)54-52-50-48-46-44-42-40-38-36-34-32-28-26-24-22-20-18-16-14-12-10-8-6-4-2/h5,7,11,13,17,19,23,25,59-62,64-71,73-75,77-81H,3-4,6,8-10,12,14-16,18,20-22,24,26-58H2,1-2H3,(H,72,76)/b7-5-,13-11-,19-17-,25-23-. The van der Waals surface area contributed by atoms with Crippen molar-refractivity contribution in [1.29, 1.82) is 0 Å². The molecule has 1 amide bonds. The Bertz CT molecular complexity index is 1610. The number of nitrogens with one attached hydrogen (secondary N) is 1. The van der Waals surface area contributed by atoms with Crippen molar-refractivity contribution in [3.05, 3.63) is 48.6 Å². The van der Waals surface area contributed by atoms with Crippen LogP contribution in [0, 0.1) is 0 Å². The minimum Gasteiger partial charge on any atom is -0.394 e. The van der Waals surface area contributed by atoms with Crippen LogP contribution in [0.5, 0.6) is 0 Å². The van der Waals surface area contributed by atoms with Crippen LogP contribution < -0.4 is 5.32 Å². The quantitative estimate of drug-likeness (QED) is 0.0204. The normalized spacial score (nSPS) is 23.8. The minimum atomic E-state index is -1.78. The van der Waals surface area contributed by atoms with E-state index in [-0.39, 0.29) is 12.5 Å². The molecule has 0 aliphatic carbocycles. The van der Waals surface area contributed by atoms with Crippen LogP contribution in [0.15, 0.2) is 48.6 Å². The Morgan fingerprint density at radius 2 is 0.812 bits per heavy atom. The van der Waals surface area contributed by atoms with Crippen molar-refractivity contribution < 1.29 is 64.6 Å². The van der Waals surface area contributed by atoms with Gasteiger partial charge >= 0.3 is 0 Å². The van der Waals surface area contributed by atoms with Crippen molar-refractivity contribution in [3.8, 4) is 0 Å². The van der Waals surface area contributed by atoms with Crippen molar-refractivity contribution >= 4 is 5.91 Å². The zero-order chi connectivity index (χ0) is 61.6. The number of aliphatic hydroxyl groups is 8. The number of hydrogen-bond donors (Lipinski definition) is 9. The van der Waals surface area contributed by atoms with Gasteiger partial charge in [0, 0.05) is 6.42 Å². The van der Waals surface area contributed by atoms with Crippen molar-refractivity contribution in [2.45, 2.75) is 376 Å². The maximum atomic E-state index is 13.4. The van der Waals surface area contributed by atoms with Crippen LogP contribution in [0.25, 0.3) is 0 Å². The van der Waals surface area contributed by atoms with Gasteiger partial charge in [0.05, 0.1) is 32.0 Å². The van der Waals surface area contributed by atoms with Crippen LogP contribution >= 0.6 is 0 Å². The molecule has 85 heavy (non-hydrogen) atoms. The largest absolute Gasteiger partial charge is 0.394 e. The summed E-state index contributed by atoms with van der Waals surface area (Å²) in [5, 5.41) is 87.7. The van der Waals surface area contributed by atoms with E-state index < -0.39 is 86.8 Å². The van der Waals surface area contributed by atoms with Crippen LogP contribution in [0.2, 0.25) is 0 Å². The van der Waals surface area contributed by atoms with E-state index >= 15 is 0 Å². The molecule has 0 radical (unpaired) electrons. The summed E-state index contributed by atoms with van der Waals surface area (Å²) in [6.45, 7) is 2.79. The molecule has 12 unspecified atom stereocenters. The molecule has 0 aromatic heterocycles. The molecule has 0 aromatic carbocycles. The molecule has 14 heteroatoms. The number of carbonyl (C=O) groups is 1. The lowest BCUT2D eigenvalue weighted by Gasteiger charge is -2.46. The van der Waals surface area contributed by atoms with Gasteiger partial charge in [0.2, 0.25) is 5.91 Å². The number of amides is 1. The fourth-order valence-corrected chi connectivity index (χ4v) is 11.7. The average molecular weight is 1210 g/mol. The zero-order valence-electron chi connectivity index (χ0n) is 54.1. The van der Waals surface area contributed by atoms with Crippen LogP contribution in [-0.4, -0.2) is 140 Å². The summed E-state index contributed by atoms with van der Waals surface area (Å²) in [5.74, 6) is -0.204. The highest BCUT2D eigenvalue weighted by Crippen LogP contribution is 2.30. The predicted octanol–water partition coefficient (Wildman–Crippen LogP) is 14.3. The molecule has 14 nitrogen and oxygen atoms in total. The predicted molar refractivity (Wildman–Crippen MR) is 346 cm³/mol. The van der Waals surface area contributed by atoms with Gasteiger partial charge in [-0.3, -0.25) is 4.79 Å². The molecule has 2 aliphatic rings. The van der Waals surface area contributed by atoms with E-state index in [9.17, 15) is 45.6 Å². The number of carbonyl (C=O) groups excluding carboxylic acids is 1. The van der Waals surface area contributed by atoms with Gasteiger partial charge < -0.3 is 65.1 Å². The van der Waals surface area contributed by atoms with E-state index in [0.717, 1.165) is 77.0 Å². The van der Waals surface area contributed by atoms with Crippen molar-refractivity contribution in [2.75, 3.05) is 19.8 Å². The second kappa shape index (κ2) is 56.0. The summed E-state index contributed by atoms with van der Waals surface area (Å²) in [6, 6.07) is -0.831. The van der Waals surface area contributed by atoms with Crippen LogP contribution in [0.4, 0.5) is 0 Å². The number of hydrogen-bond acceptors (Lipinski definition) is 13. The molecular formula is C71H131NO13. The Labute approximate surface area is 518 Å². The molecule has 0 spiro atoms. The van der Waals surface area contributed by atoms with Gasteiger partial charge in [-0.05, 0) is 51.4 Å². The molecule has 2 aliphatic heterocycles. The first kappa shape index (κ1) is 79.0. The minimum absolute atomic E-state index is 0.204. The first-order valence-corrected chi connectivity index (χ1v) is 35.4. The summed E-state index contributed by atoms with van der Waals surface area (Å²) in [6.07, 6.45) is 55.5. The highest BCUT2D eigenvalue weighted by atomic mass is 16.7. The Hall–Kier alpha value is -2.05. The number of rotatable bonds is 58. The van der Waals surface area contributed by atoms with Crippen molar-refractivity contribution in [2.24, 2.45) is 0 Å². The highest BCUT2D eigenvalue weighted by Gasteiger charge is 2.51. The molecule has 498 valence electrons. The van der Waals surface area contributed by atoms with E-state index in [1.807, 2.05) is 0 Å². The maximum Gasteiger partial charge on any atom is 0.220 e. The fourth-order valence-electron chi connectivity index (χ4n) is 11.7. The average Bonchev–Trinajstić information content (AvgIpc) is 3.68. The smallest absolute Gasteiger partial charge is 0.220 e. The van der Waals surface area contributed by atoms with Crippen molar-refractivity contribution in [1.82, 2.24) is 5.32 Å². The van der Waals surface area contributed by atoms with Crippen LogP contribution in [-0.2, 0) is 23.7 Å². The van der Waals surface area contributed by atoms with E-state index in [1.165, 1.54) is 199 Å². The lowest BCUT2D eigenvalue weighted by molar-refractivity contribution is -0.359.